The molecular weight excluding hydrogens is 308 g/mol. The van der Waals surface area contributed by atoms with Crippen molar-refractivity contribution in [3.05, 3.63) is 76.8 Å². The van der Waals surface area contributed by atoms with Crippen molar-refractivity contribution in [3.8, 4) is 10.6 Å². The Morgan fingerprint density at radius 1 is 1.13 bits per heavy atom. The van der Waals surface area contributed by atoms with Gasteiger partial charge in [0.25, 0.3) is 5.91 Å². The minimum Gasteiger partial charge on any atom is -0.269 e. The number of hydrogen-bond donors (Lipinski definition) is 1. The predicted octanol–water partition coefficient (Wildman–Crippen LogP) is 3.98. The Hall–Kier alpha value is -2.50. The number of hydrogen-bond acceptors (Lipinski definition) is 4. The van der Waals surface area contributed by atoms with E-state index in [9.17, 15) is 4.79 Å². The molecule has 5 heteroatoms. The quantitative estimate of drug-likeness (QED) is 0.722. The van der Waals surface area contributed by atoms with Gasteiger partial charge in [-0.1, -0.05) is 60.2 Å². The summed E-state index contributed by atoms with van der Waals surface area (Å²) < 4.78 is 0. The molecule has 1 N–H and O–H groups in total. The van der Waals surface area contributed by atoms with Gasteiger partial charge in [0.05, 0.1) is 6.61 Å². The van der Waals surface area contributed by atoms with Crippen molar-refractivity contribution < 1.29 is 9.63 Å². The molecule has 0 aliphatic rings. The van der Waals surface area contributed by atoms with Gasteiger partial charge in [-0.05, 0) is 12.5 Å². The molecule has 116 valence electrons. The lowest BCUT2D eigenvalue weighted by molar-refractivity contribution is 0.0230. The van der Waals surface area contributed by atoms with Crippen molar-refractivity contribution in [1.82, 2.24) is 10.5 Å². The molecule has 1 amide bonds. The molecule has 1 heterocycles. The number of rotatable bonds is 5. The Morgan fingerprint density at radius 2 is 1.87 bits per heavy atom. The molecule has 0 saturated heterocycles. The zero-order valence-electron chi connectivity index (χ0n) is 12.7. The summed E-state index contributed by atoms with van der Waals surface area (Å²) in [4.78, 5) is 21.6. The molecule has 0 fully saturated rings. The third-order valence-corrected chi connectivity index (χ3v) is 4.17. The first-order chi connectivity index (χ1) is 11.2. The van der Waals surface area contributed by atoms with Gasteiger partial charge in [0.1, 0.15) is 10.7 Å². The number of carbonyl (C=O) groups is 1. The second-order valence-electron chi connectivity index (χ2n) is 5.11. The van der Waals surface area contributed by atoms with Gasteiger partial charge in [0, 0.05) is 10.9 Å². The van der Waals surface area contributed by atoms with E-state index in [-0.39, 0.29) is 5.91 Å². The van der Waals surface area contributed by atoms with E-state index in [0.29, 0.717) is 12.3 Å². The van der Waals surface area contributed by atoms with Gasteiger partial charge in [0.15, 0.2) is 0 Å². The molecule has 3 aromatic rings. The van der Waals surface area contributed by atoms with Crippen LogP contribution < -0.4 is 5.48 Å². The Morgan fingerprint density at radius 3 is 2.61 bits per heavy atom. The maximum absolute atomic E-state index is 12.0. The largest absolute Gasteiger partial charge is 0.294 e. The number of nitrogens with zero attached hydrogens (tertiary/aromatic N) is 1. The van der Waals surface area contributed by atoms with E-state index in [1.165, 1.54) is 16.9 Å². The molecule has 0 unspecified atom stereocenters. The lowest BCUT2D eigenvalue weighted by atomic mass is 10.2. The monoisotopic (exact) mass is 324 g/mol. The van der Waals surface area contributed by atoms with Crippen LogP contribution in [-0.4, -0.2) is 10.9 Å². The zero-order valence-corrected chi connectivity index (χ0v) is 13.5. The topological polar surface area (TPSA) is 51.2 Å². The Bertz CT molecular complexity index is 782. The normalized spacial score (nSPS) is 10.5. The van der Waals surface area contributed by atoms with Gasteiger partial charge in [0.2, 0.25) is 0 Å². The second kappa shape index (κ2) is 7.17. The van der Waals surface area contributed by atoms with Crippen LogP contribution in [0.5, 0.6) is 0 Å². The van der Waals surface area contributed by atoms with Crippen LogP contribution in [0.15, 0.2) is 60.0 Å². The number of benzene rings is 2. The molecule has 4 nitrogen and oxygen atoms in total. The first-order valence-electron chi connectivity index (χ1n) is 7.21. The second-order valence-corrected chi connectivity index (χ2v) is 5.97. The molecule has 3 rings (SSSR count). The van der Waals surface area contributed by atoms with Gasteiger partial charge in [-0.3, -0.25) is 9.63 Å². The van der Waals surface area contributed by atoms with E-state index in [4.69, 9.17) is 4.84 Å². The van der Waals surface area contributed by atoms with Crippen LogP contribution in [0.2, 0.25) is 0 Å². The maximum atomic E-state index is 12.0. The molecule has 0 aliphatic carbocycles. The van der Waals surface area contributed by atoms with Crippen molar-refractivity contribution in [2.75, 3.05) is 0 Å². The van der Waals surface area contributed by atoms with Crippen LogP contribution in [0, 0.1) is 6.92 Å². The fraction of sp³-hybridized carbons (Fsp3) is 0.111. The Kier molecular flexibility index (Phi) is 4.80. The van der Waals surface area contributed by atoms with E-state index in [0.717, 1.165) is 16.1 Å². The first-order valence-corrected chi connectivity index (χ1v) is 8.09. The van der Waals surface area contributed by atoms with Crippen LogP contribution in [-0.2, 0) is 11.4 Å². The Balaban J connectivity index is 1.59. The third kappa shape index (κ3) is 4.03. The average molecular weight is 324 g/mol. The molecule has 0 saturated carbocycles. The number of nitrogens with one attached hydrogen (secondary N) is 1. The smallest absolute Gasteiger partial charge is 0.269 e. The zero-order chi connectivity index (χ0) is 16.1. The van der Waals surface area contributed by atoms with Gasteiger partial charge in [-0.15, -0.1) is 11.3 Å². The number of hydroxylamine groups is 1. The summed E-state index contributed by atoms with van der Waals surface area (Å²) >= 11 is 1.44. The molecule has 0 atom stereocenters. The van der Waals surface area contributed by atoms with Gasteiger partial charge in [-0.2, -0.15) is 0 Å². The molecule has 0 spiro atoms. The van der Waals surface area contributed by atoms with Crippen LogP contribution in [0.3, 0.4) is 0 Å². The van der Waals surface area contributed by atoms with E-state index >= 15 is 0 Å². The van der Waals surface area contributed by atoms with Gasteiger partial charge in [-0.25, -0.2) is 10.5 Å². The van der Waals surface area contributed by atoms with Crippen LogP contribution >= 0.6 is 11.3 Å². The summed E-state index contributed by atoms with van der Waals surface area (Å²) in [6.07, 6.45) is 0. The maximum Gasteiger partial charge on any atom is 0.294 e. The lowest BCUT2D eigenvalue weighted by Gasteiger charge is -2.04. The third-order valence-electron chi connectivity index (χ3n) is 3.28. The summed E-state index contributed by atoms with van der Waals surface area (Å²) in [6.45, 7) is 2.36. The van der Waals surface area contributed by atoms with Crippen molar-refractivity contribution in [1.29, 1.82) is 0 Å². The molecule has 0 bridgehead atoms. The molecule has 0 radical (unpaired) electrons. The minimum absolute atomic E-state index is 0.321. The van der Waals surface area contributed by atoms with Crippen molar-refractivity contribution in [2.24, 2.45) is 0 Å². The summed E-state index contributed by atoms with van der Waals surface area (Å²) in [5.41, 5.74) is 5.98. The van der Waals surface area contributed by atoms with Crippen LogP contribution in [0.4, 0.5) is 0 Å². The Labute approximate surface area is 138 Å². The van der Waals surface area contributed by atoms with Gasteiger partial charge >= 0.3 is 0 Å². The molecule has 0 aliphatic heterocycles. The SMILES string of the molecule is Cc1ccc(-c2nc(C(=O)NOCc3ccccc3)cs2)cc1. The summed E-state index contributed by atoms with van der Waals surface area (Å²) in [5, 5.41) is 2.55. The van der Waals surface area contributed by atoms with E-state index in [1.807, 2.05) is 61.5 Å². The average Bonchev–Trinajstić information content (AvgIpc) is 3.06. The highest BCUT2D eigenvalue weighted by Crippen LogP contribution is 2.23. The van der Waals surface area contributed by atoms with Crippen LogP contribution in [0.1, 0.15) is 21.6 Å². The highest BCUT2D eigenvalue weighted by Gasteiger charge is 2.11. The molecular formula is C18H16N2O2S. The number of aromatic nitrogens is 1. The summed E-state index contributed by atoms with van der Waals surface area (Å²) in [6, 6.07) is 17.7. The minimum atomic E-state index is -0.337. The van der Waals surface area contributed by atoms with Crippen LogP contribution in [0.25, 0.3) is 10.6 Å². The van der Waals surface area contributed by atoms with E-state index in [1.54, 1.807) is 5.38 Å². The van der Waals surface area contributed by atoms with Crippen molar-refractivity contribution in [2.45, 2.75) is 13.5 Å². The molecule has 23 heavy (non-hydrogen) atoms. The number of amides is 1. The summed E-state index contributed by atoms with van der Waals surface area (Å²) in [5.74, 6) is -0.337. The highest BCUT2D eigenvalue weighted by molar-refractivity contribution is 7.13. The molecule has 2 aromatic carbocycles. The van der Waals surface area contributed by atoms with Crippen molar-refractivity contribution in [3.63, 3.8) is 0 Å². The number of thiazole rings is 1. The highest BCUT2D eigenvalue weighted by atomic mass is 32.1. The first kappa shape index (κ1) is 15.4. The number of aryl methyl sites for hydroxylation is 1. The van der Waals surface area contributed by atoms with Crippen molar-refractivity contribution >= 4 is 17.2 Å². The van der Waals surface area contributed by atoms with Gasteiger partial charge < -0.3 is 0 Å². The fourth-order valence-electron chi connectivity index (χ4n) is 2.02. The number of carbonyl (C=O) groups excluding carboxylic acids is 1. The fourth-order valence-corrected chi connectivity index (χ4v) is 2.82. The molecule has 1 aromatic heterocycles. The summed E-state index contributed by atoms with van der Waals surface area (Å²) in [7, 11) is 0. The standard InChI is InChI=1S/C18H16N2O2S/c1-13-7-9-15(10-8-13)18-19-16(12-23-18)17(21)20-22-11-14-5-3-2-4-6-14/h2-10,12H,11H2,1H3,(H,20,21). The lowest BCUT2D eigenvalue weighted by Crippen LogP contribution is -2.23. The predicted molar refractivity (Wildman–Crippen MR) is 91.0 cm³/mol. The van der Waals surface area contributed by atoms with E-state index in [2.05, 4.69) is 10.5 Å². The van der Waals surface area contributed by atoms with E-state index < -0.39 is 0 Å².